The van der Waals surface area contributed by atoms with Crippen LogP contribution in [0.2, 0.25) is 0 Å². The fourth-order valence-corrected chi connectivity index (χ4v) is 3.33. The molecule has 8 nitrogen and oxygen atoms in total. The molecule has 0 spiro atoms. The Morgan fingerprint density at radius 1 is 1.09 bits per heavy atom. The highest BCUT2D eigenvalue weighted by molar-refractivity contribution is 5.95. The highest BCUT2D eigenvalue weighted by Crippen LogP contribution is 2.32. The Labute approximate surface area is 193 Å². The third-order valence-corrected chi connectivity index (χ3v) is 4.99. The molecule has 180 valence electrons. The number of carbonyl (C=O) groups excluding carboxylic acids is 1. The molecule has 2 rings (SSSR count). The zero-order chi connectivity index (χ0) is 23.4. The number of hydrogen-bond donors (Lipinski definition) is 3. The molecule has 8 heteroatoms. The van der Waals surface area contributed by atoms with E-state index < -0.39 is 0 Å². The van der Waals surface area contributed by atoms with Gasteiger partial charge in [-0.15, -0.1) is 0 Å². The molecule has 1 aliphatic rings. The van der Waals surface area contributed by atoms with Gasteiger partial charge in [0.15, 0.2) is 17.5 Å². The van der Waals surface area contributed by atoms with Crippen molar-refractivity contribution < 1.29 is 14.3 Å². The minimum Gasteiger partial charge on any atom is -0.490 e. The molecule has 1 heterocycles. The maximum absolute atomic E-state index is 12.2. The first-order valence-corrected chi connectivity index (χ1v) is 11.8. The van der Waals surface area contributed by atoms with Gasteiger partial charge in [0, 0.05) is 30.3 Å². The second-order valence-electron chi connectivity index (χ2n) is 8.96. The molecule has 3 N–H and O–H groups in total. The summed E-state index contributed by atoms with van der Waals surface area (Å²) >= 11 is 0. The third-order valence-electron chi connectivity index (χ3n) is 4.99. The highest BCUT2D eigenvalue weighted by Gasteiger charge is 2.14. The zero-order valence-corrected chi connectivity index (χ0v) is 20.4. The molecule has 0 bridgehead atoms. The van der Waals surface area contributed by atoms with E-state index in [1.165, 1.54) is 0 Å². The Hall–Kier alpha value is -2.48. The van der Waals surface area contributed by atoms with Crippen LogP contribution in [0.25, 0.3) is 0 Å². The lowest BCUT2D eigenvalue weighted by molar-refractivity contribution is -0.121. The molecule has 0 radical (unpaired) electrons. The summed E-state index contributed by atoms with van der Waals surface area (Å²) < 4.78 is 11.5. The zero-order valence-electron chi connectivity index (χ0n) is 20.4. The number of anilines is 1. The molecule has 1 aliphatic heterocycles. The summed E-state index contributed by atoms with van der Waals surface area (Å²) in [5.74, 6) is 1.93. The topological polar surface area (TPSA) is 87.2 Å². The number of nitrogens with one attached hydrogen (secondary N) is 3. The van der Waals surface area contributed by atoms with Crippen molar-refractivity contribution in [3.8, 4) is 11.5 Å². The van der Waals surface area contributed by atoms with E-state index in [2.05, 4.69) is 39.7 Å². The largest absolute Gasteiger partial charge is 0.490 e. The molecule has 1 aromatic rings. The Morgan fingerprint density at radius 3 is 2.50 bits per heavy atom. The van der Waals surface area contributed by atoms with Crippen molar-refractivity contribution in [2.75, 3.05) is 51.3 Å². The van der Waals surface area contributed by atoms with E-state index in [1.807, 2.05) is 39.0 Å². The highest BCUT2D eigenvalue weighted by atomic mass is 16.5. The third kappa shape index (κ3) is 9.77. The Balaban J connectivity index is 1.99. The van der Waals surface area contributed by atoms with Crippen molar-refractivity contribution in [2.45, 2.75) is 59.4 Å². The molecule has 32 heavy (non-hydrogen) atoms. The van der Waals surface area contributed by atoms with E-state index in [4.69, 9.17) is 9.47 Å². The molecular formula is C24H41N5O3. The van der Waals surface area contributed by atoms with E-state index in [1.54, 1.807) is 0 Å². The van der Waals surface area contributed by atoms with Gasteiger partial charge in [0.1, 0.15) is 6.54 Å². The number of amides is 1. The molecular weight excluding hydrogens is 406 g/mol. The van der Waals surface area contributed by atoms with Crippen LogP contribution in [0.15, 0.2) is 23.2 Å². The summed E-state index contributed by atoms with van der Waals surface area (Å²) in [5.41, 5.74) is 0.548. The number of guanidine groups is 1. The van der Waals surface area contributed by atoms with Crippen molar-refractivity contribution in [3.63, 3.8) is 0 Å². The Kier molecular flexibility index (Phi) is 10.6. The number of carbonyl (C=O) groups is 1. The van der Waals surface area contributed by atoms with E-state index in [-0.39, 0.29) is 18.0 Å². The molecule has 1 amide bonds. The van der Waals surface area contributed by atoms with Gasteiger partial charge in [-0.05, 0) is 65.4 Å². The van der Waals surface area contributed by atoms with Gasteiger partial charge < -0.3 is 30.3 Å². The average Bonchev–Trinajstić information content (AvgIpc) is 2.98. The number of benzene rings is 1. The number of fused-ring (bicyclic) bond motifs is 1. The SMILES string of the molecule is CCN(CC)CCCCNC(=NCC(=O)NC(C)(C)C)Nc1ccc2c(c1)OCCCO2. The van der Waals surface area contributed by atoms with Crippen molar-refractivity contribution in [1.29, 1.82) is 0 Å². The number of rotatable bonds is 10. The monoisotopic (exact) mass is 447 g/mol. The second-order valence-corrected chi connectivity index (χ2v) is 8.96. The van der Waals surface area contributed by atoms with Crippen molar-refractivity contribution >= 4 is 17.6 Å². The molecule has 0 fully saturated rings. The minimum atomic E-state index is -0.285. The van der Waals surface area contributed by atoms with E-state index in [0.717, 1.165) is 62.6 Å². The van der Waals surface area contributed by atoms with Crippen LogP contribution in [0.1, 0.15) is 53.9 Å². The van der Waals surface area contributed by atoms with Crippen LogP contribution in [0.3, 0.4) is 0 Å². The molecule has 0 saturated heterocycles. The Bertz CT molecular complexity index is 742. The molecule has 0 aliphatic carbocycles. The van der Waals surface area contributed by atoms with Gasteiger partial charge in [-0.3, -0.25) is 4.79 Å². The van der Waals surface area contributed by atoms with Gasteiger partial charge >= 0.3 is 0 Å². The van der Waals surface area contributed by atoms with Gasteiger partial charge in [-0.2, -0.15) is 0 Å². The van der Waals surface area contributed by atoms with E-state index in [0.29, 0.717) is 19.2 Å². The smallest absolute Gasteiger partial charge is 0.242 e. The lowest BCUT2D eigenvalue weighted by Crippen LogP contribution is -2.42. The Morgan fingerprint density at radius 2 is 1.81 bits per heavy atom. The first kappa shape index (κ1) is 25.8. The van der Waals surface area contributed by atoms with E-state index >= 15 is 0 Å². The van der Waals surface area contributed by atoms with Crippen LogP contribution in [0.5, 0.6) is 11.5 Å². The quantitative estimate of drug-likeness (QED) is 0.290. The number of hydrogen-bond acceptors (Lipinski definition) is 5. The summed E-state index contributed by atoms with van der Waals surface area (Å²) in [6.07, 6.45) is 2.99. The van der Waals surface area contributed by atoms with Gasteiger partial charge in [0.2, 0.25) is 5.91 Å². The molecule has 0 unspecified atom stereocenters. The predicted octanol–water partition coefficient (Wildman–Crippen LogP) is 3.24. The maximum Gasteiger partial charge on any atom is 0.242 e. The summed E-state index contributed by atoms with van der Waals surface area (Å²) in [7, 11) is 0. The number of nitrogens with zero attached hydrogens (tertiary/aromatic N) is 2. The summed E-state index contributed by atoms with van der Waals surface area (Å²) in [6, 6.07) is 5.74. The number of ether oxygens (including phenoxy) is 2. The van der Waals surface area contributed by atoms with Crippen LogP contribution in [-0.2, 0) is 4.79 Å². The fraction of sp³-hybridized carbons (Fsp3) is 0.667. The van der Waals surface area contributed by atoms with Gasteiger partial charge in [0.25, 0.3) is 0 Å². The second kappa shape index (κ2) is 13.2. The van der Waals surface area contributed by atoms with Crippen LogP contribution in [0, 0.1) is 0 Å². The lowest BCUT2D eigenvalue weighted by Gasteiger charge is -2.20. The summed E-state index contributed by atoms with van der Waals surface area (Å²) in [4.78, 5) is 19.2. The van der Waals surface area contributed by atoms with Crippen molar-refractivity contribution in [3.05, 3.63) is 18.2 Å². The van der Waals surface area contributed by atoms with Gasteiger partial charge in [-0.1, -0.05) is 13.8 Å². The van der Waals surface area contributed by atoms with Crippen LogP contribution >= 0.6 is 0 Å². The van der Waals surface area contributed by atoms with Crippen molar-refractivity contribution in [2.24, 2.45) is 4.99 Å². The standard InChI is InChI=1S/C24H41N5O3/c1-6-29(7-2)14-9-8-13-25-23(26-18-22(30)28-24(3,4)5)27-19-11-12-20-21(17-19)32-16-10-15-31-20/h11-12,17H,6-10,13-16,18H2,1-5H3,(H,28,30)(H2,25,26,27). The van der Waals surface area contributed by atoms with Crippen LogP contribution in [-0.4, -0.2) is 68.2 Å². The van der Waals surface area contributed by atoms with Gasteiger partial charge in [-0.25, -0.2) is 4.99 Å². The maximum atomic E-state index is 12.2. The van der Waals surface area contributed by atoms with Gasteiger partial charge in [0.05, 0.1) is 13.2 Å². The molecule has 1 aromatic carbocycles. The normalized spacial score (nSPS) is 14.1. The van der Waals surface area contributed by atoms with Crippen LogP contribution in [0.4, 0.5) is 5.69 Å². The first-order valence-electron chi connectivity index (χ1n) is 11.8. The lowest BCUT2D eigenvalue weighted by atomic mass is 10.1. The number of unbranched alkanes of at least 4 members (excludes halogenated alkanes) is 1. The molecule has 0 atom stereocenters. The summed E-state index contributed by atoms with van der Waals surface area (Å²) in [5, 5.41) is 9.60. The summed E-state index contributed by atoms with van der Waals surface area (Å²) in [6.45, 7) is 15.6. The fourth-order valence-electron chi connectivity index (χ4n) is 3.33. The number of aliphatic imine (C=N–C) groups is 1. The minimum absolute atomic E-state index is 0.0522. The van der Waals surface area contributed by atoms with Crippen molar-refractivity contribution in [1.82, 2.24) is 15.5 Å². The average molecular weight is 448 g/mol. The molecule has 0 aromatic heterocycles. The first-order chi connectivity index (χ1) is 15.3. The predicted molar refractivity (Wildman–Crippen MR) is 131 cm³/mol. The van der Waals surface area contributed by atoms with E-state index in [9.17, 15) is 4.79 Å². The molecule has 0 saturated carbocycles. The van der Waals surface area contributed by atoms with Crippen LogP contribution < -0.4 is 25.4 Å².